The van der Waals surface area contributed by atoms with E-state index in [0.29, 0.717) is 0 Å². The highest BCUT2D eigenvalue weighted by atomic mass is 127. The van der Waals surface area contributed by atoms with Gasteiger partial charge >= 0.3 is 0 Å². The first-order valence-corrected chi connectivity index (χ1v) is 7.24. The van der Waals surface area contributed by atoms with Crippen molar-refractivity contribution < 1.29 is 4.74 Å². The fraction of sp³-hybridized carbons (Fsp3) is 0.143. The summed E-state index contributed by atoms with van der Waals surface area (Å²) in [5.74, 6) is 0.885. The summed E-state index contributed by atoms with van der Waals surface area (Å²) < 4.78 is 6.43. The smallest absolute Gasteiger partial charge is 0.118 e. The van der Waals surface area contributed by atoms with Crippen LogP contribution in [-0.4, -0.2) is 7.11 Å². The second-order valence-electron chi connectivity index (χ2n) is 3.66. The van der Waals surface area contributed by atoms with Crippen molar-refractivity contribution in [3.05, 3.63) is 63.2 Å². The van der Waals surface area contributed by atoms with Gasteiger partial charge in [-0.05, 0) is 51.9 Å². The van der Waals surface area contributed by atoms with Crippen LogP contribution in [0.15, 0.2) is 48.5 Å². The average Bonchev–Trinajstić information content (AvgIpc) is 2.39. The molecular weight excluding hydrogens is 391 g/mol. The van der Waals surface area contributed by atoms with Crippen molar-refractivity contribution in [2.24, 2.45) is 0 Å². The van der Waals surface area contributed by atoms with Gasteiger partial charge in [0, 0.05) is 3.57 Å². The summed E-state index contributed by atoms with van der Waals surface area (Å²) in [6.45, 7) is 0. The third-order valence-corrected chi connectivity index (χ3v) is 4.59. The average molecular weight is 403 g/mol. The Morgan fingerprint density at radius 3 is 2.29 bits per heavy atom. The largest absolute Gasteiger partial charge is 0.497 e. The van der Waals surface area contributed by atoms with E-state index in [-0.39, 0.29) is 4.83 Å². The summed E-state index contributed by atoms with van der Waals surface area (Å²) in [5.41, 5.74) is 2.52. The van der Waals surface area contributed by atoms with Crippen molar-refractivity contribution in [1.82, 2.24) is 0 Å². The van der Waals surface area contributed by atoms with Crippen LogP contribution in [0.2, 0.25) is 0 Å². The number of alkyl halides is 1. The molecule has 0 saturated heterocycles. The molecule has 0 saturated carbocycles. The minimum Gasteiger partial charge on any atom is -0.497 e. The lowest BCUT2D eigenvalue weighted by atomic mass is 10.0. The minimum absolute atomic E-state index is 0.224. The molecule has 2 rings (SSSR count). The highest BCUT2D eigenvalue weighted by molar-refractivity contribution is 14.1. The van der Waals surface area contributed by atoms with Gasteiger partial charge in [-0.15, -0.1) is 0 Å². The van der Waals surface area contributed by atoms with E-state index in [9.17, 15) is 0 Å². The quantitative estimate of drug-likeness (QED) is 0.530. The first-order valence-electron chi connectivity index (χ1n) is 5.25. The van der Waals surface area contributed by atoms with Crippen LogP contribution in [0.4, 0.5) is 0 Å². The zero-order valence-electron chi connectivity index (χ0n) is 9.36. The standard InChI is InChI=1S/C14H12BrIO/c1-17-11-8-6-10(7-9-11)14(15)12-4-2-3-5-13(12)16/h2-9,14H,1H3. The fourth-order valence-electron chi connectivity index (χ4n) is 1.63. The molecule has 2 aromatic carbocycles. The number of methoxy groups -OCH3 is 1. The van der Waals surface area contributed by atoms with Gasteiger partial charge in [0.05, 0.1) is 11.9 Å². The summed E-state index contributed by atoms with van der Waals surface area (Å²) >= 11 is 6.11. The van der Waals surface area contributed by atoms with Gasteiger partial charge in [-0.2, -0.15) is 0 Å². The first-order chi connectivity index (χ1) is 8.22. The Labute approximate surface area is 123 Å². The molecule has 1 unspecified atom stereocenters. The number of hydrogen-bond donors (Lipinski definition) is 0. The number of hydrogen-bond acceptors (Lipinski definition) is 1. The molecule has 0 spiro atoms. The van der Waals surface area contributed by atoms with Crippen LogP contribution in [0.5, 0.6) is 5.75 Å². The Hall–Kier alpha value is -0.550. The van der Waals surface area contributed by atoms with Crippen LogP contribution in [0.1, 0.15) is 16.0 Å². The second-order valence-corrected chi connectivity index (χ2v) is 5.74. The second kappa shape index (κ2) is 5.87. The van der Waals surface area contributed by atoms with Gasteiger partial charge < -0.3 is 4.74 Å². The Balaban J connectivity index is 2.30. The summed E-state index contributed by atoms with van der Waals surface area (Å²) in [5, 5.41) is 0. The van der Waals surface area contributed by atoms with Crippen LogP contribution in [0.25, 0.3) is 0 Å². The molecule has 0 aliphatic rings. The molecule has 1 atom stereocenters. The summed E-state index contributed by atoms with van der Waals surface area (Å²) in [6, 6.07) is 16.5. The van der Waals surface area contributed by atoms with Crippen molar-refractivity contribution in [3.63, 3.8) is 0 Å². The number of rotatable bonds is 3. The number of halogens is 2. The van der Waals surface area contributed by atoms with Crippen molar-refractivity contribution >= 4 is 38.5 Å². The molecule has 0 aliphatic carbocycles. The maximum atomic E-state index is 5.16. The lowest BCUT2D eigenvalue weighted by Gasteiger charge is -2.13. The van der Waals surface area contributed by atoms with Crippen molar-refractivity contribution in [3.8, 4) is 5.75 Å². The molecule has 1 nitrogen and oxygen atoms in total. The van der Waals surface area contributed by atoms with E-state index in [1.54, 1.807) is 7.11 Å². The molecule has 0 aromatic heterocycles. The zero-order chi connectivity index (χ0) is 12.3. The molecule has 17 heavy (non-hydrogen) atoms. The van der Waals surface area contributed by atoms with Gasteiger partial charge in [-0.25, -0.2) is 0 Å². The molecule has 0 amide bonds. The van der Waals surface area contributed by atoms with Gasteiger partial charge in [-0.1, -0.05) is 46.3 Å². The maximum absolute atomic E-state index is 5.16. The summed E-state index contributed by atoms with van der Waals surface area (Å²) in [4.78, 5) is 0.224. The first kappa shape index (κ1) is 12.9. The van der Waals surface area contributed by atoms with Gasteiger partial charge in [0.1, 0.15) is 5.75 Å². The van der Waals surface area contributed by atoms with E-state index in [0.717, 1.165) is 5.75 Å². The van der Waals surface area contributed by atoms with Crippen LogP contribution < -0.4 is 4.74 Å². The van der Waals surface area contributed by atoms with Crippen molar-refractivity contribution in [2.45, 2.75) is 4.83 Å². The van der Waals surface area contributed by atoms with Crippen molar-refractivity contribution in [1.29, 1.82) is 0 Å². The van der Waals surface area contributed by atoms with E-state index in [1.807, 2.05) is 12.1 Å². The zero-order valence-corrected chi connectivity index (χ0v) is 13.1. The summed E-state index contributed by atoms with van der Waals surface area (Å²) in [6.07, 6.45) is 0. The van der Waals surface area contributed by atoms with Crippen molar-refractivity contribution in [2.75, 3.05) is 7.11 Å². The molecule has 3 heteroatoms. The predicted molar refractivity (Wildman–Crippen MR) is 82.9 cm³/mol. The monoisotopic (exact) mass is 402 g/mol. The Morgan fingerprint density at radius 1 is 1.06 bits per heavy atom. The highest BCUT2D eigenvalue weighted by Gasteiger charge is 2.12. The van der Waals surface area contributed by atoms with Crippen LogP contribution in [0, 0.1) is 3.57 Å². The molecular formula is C14H12BrIO. The molecule has 0 N–H and O–H groups in total. The van der Waals surface area contributed by atoms with E-state index in [2.05, 4.69) is 74.9 Å². The van der Waals surface area contributed by atoms with E-state index < -0.39 is 0 Å². The van der Waals surface area contributed by atoms with Gasteiger partial charge in [-0.3, -0.25) is 0 Å². The molecule has 0 heterocycles. The number of benzene rings is 2. The fourth-order valence-corrected chi connectivity index (χ4v) is 3.46. The molecule has 0 fully saturated rings. The van der Waals surface area contributed by atoms with E-state index >= 15 is 0 Å². The normalized spacial score (nSPS) is 12.2. The Bertz CT molecular complexity index is 496. The van der Waals surface area contributed by atoms with Gasteiger partial charge in [0.15, 0.2) is 0 Å². The molecule has 0 bridgehead atoms. The topological polar surface area (TPSA) is 9.23 Å². The van der Waals surface area contributed by atoms with Crippen LogP contribution in [-0.2, 0) is 0 Å². The third-order valence-electron chi connectivity index (χ3n) is 2.59. The van der Waals surface area contributed by atoms with Gasteiger partial charge in [0.2, 0.25) is 0 Å². The Kier molecular flexibility index (Phi) is 4.45. The lowest BCUT2D eigenvalue weighted by Crippen LogP contribution is -1.95. The Morgan fingerprint density at radius 2 is 1.71 bits per heavy atom. The molecule has 88 valence electrons. The predicted octanol–water partition coefficient (Wildman–Crippen LogP) is 4.78. The van der Waals surface area contributed by atoms with Crippen LogP contribution in [0.3, 0.4) is 0 Å². The SMILES string of the molecule is COc1ccc(C(Br)c2ccccc2I)cc1. The molecule has 0 radical (unpaired) electrons. The number of ether oxygens (including phenoxy) is 1. The molecule has 0 aliphatic heterocycles. The van der Waals surface area contributed by atoms with E-state index in [1.165, 1.54) is 14.7 Å². The maximum Gasteiger partial charge on any atom is 0.118 e. The van der Waals surface area contributed by atoms with Gasteiger partial charge in [0.25, 0.3) is 0 Å². The molecule has 2 aromatic rings. The van der Waals surface area contributed by atoms with Crippen LogP contribution >= 0.6 is 38.5 Å². The lowest BCUT2D eigenvalue weighted by molar-refractivity contribution is 0.414. The third kappa shape index (κ3) is 3.01. The van der Waals surface area contributed by atoms with E-state index in [4.69, 9.17) is 4.74 Å². The highest BCUT2D eigenvalue weighted by Crippen LogP contribution is 2.34. The summed E-state index contributed by atoms with van der Waals surface area (Å²) in [7, 11) is 1.68. The minimum atomic E-state index is 0.224.